The molecule has 0 spiro atoms. The minimum absolute atomic E-state index is 0.173. The number of likely N-dealkylation sites (tertiary alicyclic amines) is 1. The van der Waals surface area contributed by atoms with Crippen LogP contribution in [0.2, 0.25) is 0 Å². The van der Waals surface area contributed by atoms with Gasteiger partial charge in [0.2, 0.25) is 5.91 Å². The minimum atomic E-state index is -4.34. The van der Waals surface area contributed by atoms with Crippen LogP contribution in [0.25, 0.3) is 10.4 Å². The van der Waals surface area contributed by atoms with Crippen LogP contribution in [0.1, 0.15) is 6.42 Å². The Hall–Kier alpha value is -2.68. The van der Waals surface area contributed by atoms with E-state index in [0.717, 1.165) is 9.18 Å². The Labute approximate surface area is 160 Å². The average Bonchev–Trinajstić information content (AvgIpc) is 3.29. The summed E-state index contributed by atoms with van der Waals surface area (Å²) in [7, 11) is -3.10. The van der Waals surface area contributed by atoms with Gasteiger partial charge in [0.15, 0.2) is 11.3 Å². The van der Waals surface area contributed by atoms with Crippen LogP contribution in [0.3, 0.4) is 0 Å². The number of carbonyl (C=O) groups excluding carboxylic acids is 1. The third-order valence-electron chi connectivity index (χ3n) is 4.28. The number of nitrogens with one attached hydrogen (secondary N) is 1. The first-order chi connectivity index (χ1) is 12.8. The van der Waals surface area contributed by atoms with Crippen LogP contribution in [0.15, 0.2) is 30.5 Å². The molecule has 1 aromatic carbocycles. The number of hydrogen-bond donors (Lipinski definition) is 2. The second kappa shape index (κ2) is 7.51. The summed E-state index contributed by atoms with van der Waals surface area (Å²) in [5.41, 5.74) is 1.01. The number of hydrogen-bond acceptors (Lipinski definition) is 7. The molecule has 27 heavy (non-hydrogen) atoms. The molecule has 0 bridgehead atoms. The Morgan fingerprint density at radius 2 is 2.30 bits per heavy atom. The van der Waals surface area contributed by atoms with Crippen LogP contribution in [0.4, 0.5) is 10.8 Å². The molecule has 1 aliphatic rings. The van der Waals surface area contributed by atoms with E-state index in [1.807, 2.05) is 6.19 Å². The van der Waals surface area contributed by atoms with E-state index < -0.39 is 10.3 Å². The van der Waals surface area contributed by atoms with Crippen LogP contribution >= 0.6 is 11.3 Å². The van der Waals surface area contributed by atoms with E-state index in [0.29, 0.717) is 35.9 Å². The van der Waals surface area contributed by atoms with E-state index in [2.05, 4.69) is 10.3 Å². The molecule has 1 unspecified atom stereocenters. The van der Waals surface area contributed by atoms with E-state index in [1.165, 1.54) is 18.4 Å². The fourth-order valence-corrected chi connectivity index (χ4v) is 3.92. The first-order valence-electron chi connectivity index (χ1n) is 8.01. The second-order valence-corrected chi connectivity index (χ2v) is 8.52. The average molecular weight is 407 g/mol. The van der Waals surface area contributed by atoms with Gasteiger partial charge in [-0.2, -0.15) is 13.7 Å². The molecule has 1 atom stereocenters. The normalized spacial score (nSPS) is 16.8. The van der Waals surface area contributed by atoms with Gasteiger partial charge in [0, 0.05) is 26.3 Å². The summed E-state index contributed by atoms with van der Waals surface area (Å²) in [6, 6.07) is 6.61. The molecule has 142 valence electrons. The number of amides is 1. The van der Waals surface area contributed by atoms with Gasteiger partial charge in [0.1, 0.15) is 0 Å². The van der Waals surface area contributed by atoms with Gasteiger partial charge in [-0.15, -0.1) is 0 Å². The topological polar surface area (TPSA) is 127 Å². The zero-order chi connectivity index (χ0) is 19.6. The SMILES string of the molecule is CN(c1cccc(-c2cnc(NC(=O)C3CCN(C#N)C3)s2)c1)S(=O)(=O)O. The first-order valence-corrected chi connectivity index (χ1v) is 10.2. The van der Waals surface area contributed by atoms with Gasteiger partial charge in [0.25, 0.3) is 0 Å². The summed E-state index contributed by atoms with van der Waals surface area (Å²) in [6.07, 6.45) is 4.25. The number of nitrogens with zero attached hydrogens (tertiary/aromatic N) is 4. The number of nitriles is 1. The molecule has 3 rings (SSSR count). The highest BCUT2D eigenvalue weighted by Gasteiger charge is 2.28. The lowest BCUT2D eigenvalue weighted by Crippen LogP contribution is -2.25. The second-order valence-electron chi connectivity index (χ2n) is 6.05. The number of rotatable bonds is 5. The van der Waals surface area contributed by atoms with Crippen LogP contribution in [-0.2, 0) is 15.1 Å². The standard InChI is InChI=1S/C16H17N5O4S2/c1-20(27(23,24)25)13-4-2-3-11(7-13)14-8-18-16(26-14)19-15(22)12-5-6-21(9-12)10-17/h2-4,7-8,12H,5-6,9H2,1H3,(H,18,19,22)(H,23,24,25). The van der Waals surface area contributed by atoms with E-state index in [9.17, 15) is 13.2 Å². The van der Waals surface area contributed by atoms with Crippen molar-refractivity contribution in [3.05, 3.63) is 30.5 Å². The summed E-state index contributed by atoms with van der Waals surface area (Å²) >= 11 is 1.26. The van der Waals surface area contributed by atoms with E-state index in [-0.39, 0.29) is 11.8 Å². The Kier molecular flexibility index (Phi) is 5.31. The van der Waals surface area contributed by atoms with Crippen LogP contribution in [0.5, 0.6) is 0 Å². The quantitative estimate of drug-likeness (QED) is 0.571. The third-order valence-corrected chi connectivity index (χ3v) is 6.14. The lowest BCUT2D eigenvalue weighted by molar-refractivity contribution is -0.119. The predicted octanol–water partition coefficient (Wildman–Crippen LogP) is 1.79. The molecule has 2 aromatic rings. The zero-order valence-electron chi connectivity index (χ0n) is 14.4. The highest BCUT2D eigenvalue weighted by atomic mass is 32.2. The molecule has 0 radical (unpaired) electrons. The molecule has 1 aliphatic heterocycles. The zero-order valence-corrected chi connectivity index (χ0v) is 16.0. The summed E-state index contributed by atoms with van der Waals surface area (Å²) < 4.78 is 32.5. The molecule has 1 aromatic heterocycles. The molecular weight excluding hydrogens is 390 g/mol. The van der Waals surface area contributed by atoms with Gasteiger partial charge in [-0.3, -0.25) is 13.7 Å². The number of aromatic nitrogens is 1. The number of thiazole rings is 1. The van der Waals surface area contributed by atoms with Gasteiger partial charge in [-0.1, -0.05) is 23.5 Å². The molecule has 1 amide bonds. The summed E-state index contributed by atoms with van der Waals surface area (Å²) in [5, 5.41) is 12.1. The maximum absolute atomic E-state index is 12.3. The molecule has 9 nitrogen and oxygen atoms in total. The number of anilines is 2. The Morgan fingerprint density at radius 3 is 2.96 bits per heavy atom. The van der Waals surface area contributed by atoms with Crippen molar-refractivity contribution < 1.29 is 17.8 Å². The largest absolute Gasteiger partial charge is 0.359 e. The van der Waals surface area contributed by atoms with E-state index in [4.69, 9.17) is 9.81 Å². The van der Waals surface area contributed by atoms with Crippen molar-refractivity contribution in [2.24, 2.45) is 5.92 Å². The van der Waals surface area contributed by atoms with Crippen molar-refractivity contribution in [2.75, 3.05) is 29.8 Å². The molecule has 0 aliphatic carbocycles. The molecule has 2 heterocycles. The number of benzene rings is 1. The molecule has 0 saturated carbocycles. The number of carbonyl (C=O) groups is 1. The van der Waals surface area contributed by atoms with E-state index >= 15 is 0 Å². The summed E-state index contributed by atoms with van der Waals surface area (Å²) in [6.45, 7) is 0.982. The van der Waals surface area contributed by atoms with Crippen molar-refractivity contribution >= 4 is 38.4 Å². The highest BCUT2D eigenvalue weighted by Crippen LogP contribution is 2.32. The summed E-state index contributed by atoms with van der Waals surface area (Å²) in [5.74, 6) is -0.419. The van der Waals surface area contributed by atoms with Crippen molar-refractivity contribution in [1.82, 2.24) is 9.88 Å². The van der Waals surface area contributed by atoms with Gasteiger partial charge in [0.05, 0.1) is 16.5 Å². The fourth-order valence-electron chi connectivity index (χ4n) is 2.73. The lowest BCUT2D eigenvalue weighted by Gasteiger charge is -2.15. The van der Waals surface area contributed by atoms with Gasteiger partial charge in [-0.25, -0.2) is 4.98 Å². The Morgan fingerprint density at radius 1 is 1.52 bits per heavy atom. The fraction of sp³-hybridized carbons (Fsp3) is 0.312. The summed E-state index contributed by atoms with van der Waals surface area (Å²) in [4.78, 5) is 18.8. The maximum atomic E-state index is 12.3. The van der Waals surface area contributed by atoms with Gasteiger partial charge < -0.3 is 10.2 Å². The minimum Gasteiger partial charge on any atom is -0.310 e. The molecule has 1 saturated heterocycles. The third kappa shape index (κ3) is 4.36. The maximum Gasteiger partial charge on any atom is 0.359 e. The lowest BCUT2D eigenvalue weighted by atomic mass is 10.1. The predicted molar refractivity (Wildman–Crippen MR) is 101 cm³/mol. The monoisotopic (exact) mass is 407 g/mol. The van der Waals surface area contributed by atoms with Crippen LogP contribution < -0.4 is 9.62 Å². The smallest absolute Gasteiger partial charge is 0.310 e. The van der Waals surface area contributed by atoms with Crippen LogP contribution in [-0.4, -0.2) is 48.9 Å². The van der Waals surface area contributed by atoms with Gasteiger partial charge >= 0.3 is 10.3 Å². The van der Waals surface area contributed by atoms with Crippen molar-refractivity contribution in [3.63, 3.8) is 0 Å². The van der Waals surface area contributed by atoms with Crippen molar-refractivity contribution in [1.29, 1.82) is 5.26 Å². The van der Waals surface area contributed by atoms with Crippen molar-refractivity contribution in [2.45, 2.75) is 6.42 Å². The Balaban J connectivity index is 1.73. The molecule has 2 N–H and O–H groups in total. The van der Waals surface area contributed by atoms with Crippen LogP contribution in [0, 0.1) is 17.4 Å². The molecule has 11 heteroatoms. The van der Waals surface area contributed by atoms with Gasteiger partial charge in [-0.05, 0) is 24.1 Å². The van der Waals surface area contributed by atoms with E-state index in [1.54, 1.807) is 35.4 Å². The molecular formula is C16H17N5O4S2. The highest BCUT2D eigenvalue weighted by molar-refractivity contribution is 7.87. The van der Waals surface area contributed by atoms with Crippen molar-refractivity contribution in [3.8, 4) is 16.6 Å². The first kappa shape index (κ1) is 19.1. The molecule has 1 fully saturated rings. The Bertz CT molecular complexity index is 998.